The van der Waals surface area contributed by atoms with Gasteiger partial charge in [0.2, 0.25) is 0 Å². The molecule has 1 aromatic heterocycles. The van der Waals surface area contributed by atoms with E-state index in [1.54, 1.807) is 24.3 Å². The van der Waals surface area contributed by atoms with E-state index in [0.717, 1.165) is 10.4 Å². The summed E-state index contributed by atoms with van der Waals surface area (Å²) < 4.78 is 5.55. The Hall–Kier alpha value is -2.78. The predicted octanol–water partition coefficient (Wildman–Crippen LogP) is 3.26. The van der Waals surface area contributed by atoms with Crippen molar-refractivity contribution in [1.82, 2.24) is 4.90 Å². The maximum absolute atomic E-state index is 12.7. The zero-order chi connectivity index (χ0) is 20.3. The first-order valence-corrected chi connectivity index (χ1v) is 9.74. The van der Waals surface area contributed by atoms with Gasteiger partial charge in [-0.2, -0.15) is 0 Å². The van der Waals surface area contributed by atoms with Gasteiger partial charge in [0.25, 0.3) is 0 Å². The van der Waals surface area contributed by atoms with Crippen LogP contribution in [0.4, 0.5) is 14.6 Å². The minimum Gasteiger partial charge on any atom is -0.457 e. The van der Waals surface area contributed by atoms with Crippen molar-refractivity contribution in [2.24, 2.45) is 11.5 Å². The van der Waals surface area contributed by atoms with Gasteiger partial charge in [-0.1, -0.05) is 23.7 Å². The molecule has 28 heavy (non-hydrogen) atoms. The molecule has 1 fully saturated rings. The lowest BCUT2D eigenvalue weighted by atomic mass is 10.1. The van der Waals surface area contributed by atoms with Crippen LogP contribution in [-0.2, 0) is 4.74 Å². The number of thiophene rings is 1. The summed E-state index contributed by atoms with van der Waals surface area (Å²) in [6.07, 6.45) is 0.842. The minimum atomic E-state index is -0.786. The number of primary amides is 2. The van der Waals surface area contributed by atoms with Crippen molar-refractivity contribution in [3.05, 3.63) is 40.9 Å². The van der Waals surface area contributed by atoms with Crippen LogP contribution in [0.5, 0.6) is 0 Å². The topological polar surface area (TPSA) is 128 Å². The number of nitrogens with two attached hydrogens (primary N) is 2. The molecule has 1 unspecified atom stereocenters. The van der Waals surface area contributed by atoms with Crippen LogP contribution in [0, 0.1) is 0 Å². The van der Waals surface area contributed by atoms with E-state index in [4.69, 9.17) is 27.8 Å². The van der Waals surface area contributed by atoms with Gasteiger partial charge in [-0.15, -0.1) is 11.3 Å². The molecule has 1 aromatic carbocycles. The number of carbonyl (C=O) groups excluding carboxylic acids is 3. The van der Waals surface area contributed by atoms with Gasteiger partial charge in [0.1, 0.15) is 11.1 Å². The minimum absolute atomic E-state index is 0.190. The SMILES string of the molecule is NC(=O)Nc1sc(-c2cccc(Cl)c2)cc1C(=O)OC1CCCN(C(N)=O)C1. The highest BCUT2D eigenvalue weighted by Crippen LogP contribution is 2.37. The molecule has 1 aliphatic heterocycles. The Morgan fingerprint density at radius 2 is 2.04 bits per heavy atom. The fraction of sp³-hybridized carbons (Fsp3) is 0.278. The van der Waals surface area contributed by atoms with Gasteiger partial charge < -0.3 is 21.1 Å². The van der Waals surface area contributed by atoms with Crippen LogP contribution in [0.1, 0.15) is 23.2 Å². The number of amides is 4. The molecule has 1 atom stereocenters. The molecule has 0 saturated carbocycles. The van der Waals surface area contributed by atoms with Gasteiger partial charge >= 0.3 is 18.0 Å². The predicted molar refractivity (Wildman–Crippen MR) is 108 cm³/mol. The van der Waals surface area contributed by atoms with Crippen LogP contribution < -0.4 is 16.8 Å². The summed E-state index contributed by atoms with van der Waals surface area (Å²) >= 11 is 7.23. The maximum atomic E-state index is 12.7. The summed E-state index contributed by atoms with van der Waals surface area (Å²) in [7, 11) is 0. The van der Waals surface area contributed by atoms with Gasteiger partial charge in [0.15, 0.2) is 0 Å². The van der Waals surface area contributed by atoms with E-state index in [2.05, 4.69) is 5.32 Å². The van der Waals surface area contributed by atoms with Crippen molar-refractivity contribution < 1.29 is 19.1 Å². The van der Waals surface area contributed by atoms with E-state index in [1.807, 2.05) is 6.07 Å². The fourth-order valence-corrected chi connectivity index (χ4v) is 4.22. The highest BCUT2D eigenvalue weighted by molar-refractivity contribution is 7.20. The largest absolute Gasteiger partial charge is 0.457 e. The molecule has 3 rings (SSSR count). The van der Waals surface area contributed by atoms with E-state index >= 15 is 0 Å². The Bertz CT molecular complexity index is 917. The Labute approximate surface area is 170 Å². The van der Waals surface area contributed by atoms with Crippen molar-refractivity contribution in [3.63, 3.8) is 0 Å². The molecule has 8 nitrogen and oxygen atoms in total. The zero-order valence-electron chi connectivity index (χ0n) is 14.8. The Kier molecular flexibility index (Phi) is 6.05. The van der Waals surface area contributed by atoms with Gasteiger partial charge in [-0.3, -0.25) is 5.32 Å². The third kappa shape index (κ3) is 4.73. The highest BCUT2D eigenvalue weighted by atomic mass is 35.5. The molecule has 2 heterocycles. The number of anilines is 1. The second-order valence-corrected chi connectivity index (χ2v) is 7.80. The molecule has 0 spiro atoms. The lowest BCUT2D eigenvalue weighted by Crippen LogP contribution is -2.46. The first-order chi connectivity index (χ1) is 13.3. The molecule has 4 amide bonds. The first-order valence-electron chi connectivity index (χ1n) is 8.55. The average molecular weight is 423 g/mol. The molecular weight excluding hydrogens is 404 g/mol. The summed E-state index contributed by atoms with van der Waals surface area (Å²) in [6, 6.07) is 7.41. The van der Waals surface area contributed by atoms with Crippen molar-refractivity contribution in [3.8, 4) is 10.4 Å². The van der Waals surface area contributed by atoms with Gasteiger partial charge in [0, 0.05) is 16.4 Å². The lowest BCUT2D eigenvalue weighted by Gasteiger charge is -2.31. The van der Waals surface area contributed by atoms with Gasteiger partial charge in [-0.25, -0.2) is 14.4 Å². The van der Waals surface area contributed by atoms with Crippen LogP contribution in [-0.4, -0.2) is 42.1 Å². The number of nitrogens with zero attached hydrogens (tertiary/aromatic N) is 1. The van der Waals surface area contributed by atoms with E-state index in [9.17, 15) is 14.4 Å². The van der Waals surface area contributed by atoms with Crippen LogP contribution in [0.2, 0.25) is 5.02 Å². The molecule has 0 aliphatic carbocycles. The standard InChI is InChI=1S/C18H19ClN4O4S/c19-11-4-1-3-10(7-11)14-8-13(15(28-14)22-17(20)25)16(24)27-12-5-2-6-23(9-12)18(21)26/h1,3-4,7-8,12H,2,5-6,9H2,(H2,21,26)(H3,20,22,25). The number of ether oxygens (including phenoxy) is 1. The number of carbonyl (C=O) groups is 3. The summed E-state index contributed by atoms with van der Waals surface area (Å²) in [4.78, 5) is 37.6. The second kappa shape index (κ2) is 8.49. The van der Waals surface area contributed by atoms with E-state index in [0.29, 0.717) is 24.4 Å². The van der Waals surface area contributed by atoms with Crippen LogP contribution in [0.15, 0.2) is 30.3 Å². The van der Waals surface area contributed by atoms with Crippen molar-refractivity contribution in [2.75, 3.05) is 18.4 Å². The zero-order valence-corrected chi connectivity index (χ0v) is 16.4. The van der Waals surface area contributed by atoms with Crippen LogP contribution in [0.25, 0.3) is 10.4 Å². The Morgan fingerprint density at radius 1 is 1.25 bits per heavy atom. The van der Waals surface area contributed by atoms with Crippen LogP contribution >= 0.6 is 22.9 Å². The molecule has 5 N–H and O–H groups in total. The van der Waals surface area contributed by atoms with Crippen molar-refractivity contribution >= 4 is 46.0 Å². The molecule has 0 bridgehead atoms. The number of halogens is 1. The number of urea groups is 2. The van der Waals surface area contributed by atoms with Crippen molar-refractivity contribution in [2.45, 2.75) is 18.9 Å². The van der Waals surface area contributed by atoms with Gasteiger partial charge in [-0.05, 0) is 36.6 Å². The number of hydrogen-bond acceptors (Lipinski definition) is 5. The van der Waals surface area contributed by atoms with E-state index in [1.165, 1.54) is 16.2 Å². The second-order valence-electron chi connectivity index (χ2n) is 6.31. The maximum Gasteiger partial charge on any atom is 0.341 e. The quantitative estimate of drug-likeness (QED) is 0.653. The monoisotopic (exact) mass is 422 g/mol. The average Bonchev–Trinajstić information content (AvgIpc) is 3.05. The van der Waals surface area contributed by atoms with Crippen LogP contribution in [0.3, 0.4) is 0 Å². The number of hydrogen-bond donors (Lipinski definition) is 3. The number of rotatable bonds is 4. The molecule has 0 radical (unpaired) electrons. The Morgan fingerprint density at radius 3 is 2.71 bits per heavy atom. The highest BCUT2D eigenvalue weighted by Gasteiger charge is 2.27. The fourth-order valence-electron chi connectivity index (χ4n) is 2.98. The molecular formula is C18H19ClN4O4S. The molecule has 148 valence electrons. The molecule has 1 aliphatic rings. The number of nitrogens with one attached hydrogen (secondary N) is 1. The number of likely N-dealkylation sites (tertiary alicyclic amines) is 1. The molecule has 1 saturated heterocycles. The number of piperidine rings is 1. The summed E-state index contributed by atoms with van der Waals surface area (Å²) in [6.45, 7) is 0.778. The van der Waals surface area contributed by atoms with E-state index in [-0.39, 0.29) is 17.1 Å². The summed E-state index contributed by atoms with van der Waals surface area (Å²) in [5, 5.41) is 3.30. The summed E-state index contributed by atoms with van der Waals surface area (Å²) in [5.41, 5.74) is 11.5. The smallest absolute Gasteiger partial charge is 0.341 e. The van der Waals surface area contributed by atoms with Crippen molar-refractivity contribution in [1.29, 1.82) is 0 Å². The normalized spacial score (nSPS) is 16.5. The third-order valence-electron chi connectivity index (χ3n) is 4.26. The Balaban J connectivity index is 1.83. The number of benzene rings is 1. The number of esters is 1. The lowest BCUT2D eigenvalue weighted by molar-refractivity contribution is 0.0129. The first kappa shape index (κ1) is 20.0. The third-order valence-corrected chi connectivity index (χ3v) is 5.60. The van der Waals surface area contributed by atoms with E-state index < -0.39 is 24.1 Å². The molecule has 10 heteroatoms. The molecule has 2 aromatic rings. The summed E-state index contributed by atoms with van der Waals surface area (Å²) in [5.74, 6) is -0.607. The van der Waals surface area contributed by atoms with Gasteiger partial charge in [0.05, 0.1) is 12.1 Å².